The Kier molecular flexibility index (Phi) is 5.51. The number of amides is 1. The highest BCUT2D eigenvalue weighted by Gasteiger charge is 2.31. The summed E-state index contributed by atoms with van der Waals surface area (Å²) in [5.74, 6) is -0.0150. The molecule has 1 aromatic rings. The second-order valence-corrected chi connectivity index (χ2v) is 5.97. The van der Waals surface area contributed by atoms with Gasteiger partial charge in [-0.3, -0.25) is 4.79 Å². The molecule has 2 rings (SSSR count). The molecule has 7 heteroatoms. The minimum atomic E-state index is -4.71. The smallest absolute Gasteiger partial charge is 0.406 e. The lowest BCUT2D eigenvalue weighted by molar-refractivity contribution is -0.274. The van der Waals surface area contributed by atoms with Crippen molar-refractivity contribution in [1.82, 2.24) is 4.90 Å². The Bertz CT molecular complexity index is 529. The van der Waals surface area contributed by atoms with E-state index in [9.17, 15) is 18.0 Å². The first-order chi connectivity index (χ1) is 10.7. The van der Waals surface area contributed by atoms with Gasteiger partial charge in [0, 0.05) is 19.1 Å². The van der Waals surface area contributed by atoms with Gasteiger partial charge in [-0.05, 0) is 43.4 Å². The van der Waals surface area contributed by atoms with Gasteiger partial charge in [0.15, 0.2) is 0 Å². The van der Waals surface area contributed by atoms with Gasteiger partial charge in [0.1, 0.15) is 5.75 Å². The molecule has 0 saturated carbocycles. The van der Waals surface area contributed by atoms with Crippen LogP contribution in [0.3, 0.4) is 0 Å². The van der Waals surface area contributed by atoms with Crippen molar-refractivity contribution in [3.63, 3.8) is 0 Å². The molecule has 2 atom stereocenters. The van der Waals surface area contributed by atoms with Crippen molar-refractivity contribution < 1.29 is 22.7 Å². The minimum absolute atomic E-state index is 0.0279. The standard InChI is InChI=1S/C16H21F3N2O2/c1-11(20)13-3-2-8-21(10-13)15(22)9-12-4-6-14(7-5-12)23-16(17,18)19/h4-7,11,13H,2-3,8-10,20H2,1H3/t11-,13+/m0/s1. The molecule has 0 aliphatic carbocycles. The zero-order valence-electron chi connectivity index (χ0n) is 13.0. The maximum atomic E-state index is 12.3. The van der Waals surface area contributed by atoms with Crippen LogP contribution in [0.5, 0.6) is 5.75 Å². The molecule has 0 spiro atoms. The first-order valence-electron chi connectivity index (χ1n) is 7.62. The molecule has 1 amide bonds. The highest BCUT2D eigenvalue weighted by atomic mass is 19.4. The van der Waals surface area contributed by atoms with Crippen molar-refractivity contribution in [1.29, 1.82) is 0 Å². The molecule has 4 nitrogen and oxygen atoms in total. The number of ether oxygens (including phenoxy) is 1. The van der Waals surface area contributed by atoms with Crippen LogP contribution in [0.25, 0.3) is 0 Å². The summed E-state index contributed by atoms with van der Waals surface area (Å²) in [6, 6.07) is 5.44. The highest BCUT2D eigenvalue weighted by Crippen LogP contribution is 2.23. The number of hydrogen-bond donors (Lipinski definition) is 1. The van der Waals surface area contributed by atoms with E-state index in [-0.39, 0.29) is 24.1 Å². The number of benzene rings is 1. The molecule has 1 fully saturated rings. The lowest BCUT2D eigenvalue weighted by atomic mass is 9.92. The molecule has 2 N–H and O–H groups in total. The number of hydrogen-bond acceptors (Lipinski definition) is 3. The number of alkyl halides is 3. The zero-order chi connectivity index (χ0) is 17.0. The summed E-state index contributed by atoms with van der Waals surface area (Å²) in [5.41, 5.74) is 6.57. The zero-order valence-corrected chi connectivity index (χ0v) is 13.0. The van der Waals surface area contributed by atoms with Gasteiger partial charge in [0.05, 0.1) is 6.42 Å². The Morgan fingerprint density at radius 1 is 1.39 bits per heavy atom. The summed E-state index contributed by atoms with van der Waals surface area (Å²) < 4.78 is 40.1. The summed E-state index contributed by atoms with van der Waals surface area (Å²) in [7, 11) is 0. The summed E-state index contributed by atoms with van der Waals surface area (Å²) in [6.45, 7) is 3.29. The third-order valence-electron chi connectivity index (χ3n) is 4.07. The number of likely N-dealkylation sites (tertiary alicyclic amines) is 1. The molecular weight excluding hydrogens is 309 g/mol. The summed E-state index contributed by atoms with van der Waals surface area (Å²) in [4.78, 5) is 14.1. The molecule has 1 heterocycles. The van der Waals surface area contributed by atoms with Crippen LogP contribution in [-0.4, -0.2) is 36.3 Å². The SMILES string of the molecule is C[C@H](N)[C@@H]1CCCN(C(=O)Cc2ccc(OC(F)(F)F)cc2)C1. The van der Waals surface area contributed by atoms with E-state index in [1.165, 1.54) is 24.3 Å². The summed E-state index contributed by atoms with van der Waals surface area (Å²) in [6.07, 6.45) is -2.60. The van der Waals surface area contributed by atoms with Crippen LogP contribution < -0.4 is 10.5 Å². The molecule has 0 radical (unpaired) electrons. The molecule has 23 heavy (non-hydrogen) atoms. The maximum Gasteiger partial charge on any atom is 0.573 e. The van der Waals surface area contributed by atoms with E-state index < -0.39 is 6.36 Å². The third kappa shape index (κ3) is 5.42. The van der Waals surface area contributed by atoms with Crippen LogP contribution in [0.15, 0.2) is 24.3 Å². The van der Waals surface area contributed by atoms with Gasteiger partial charge in [-0.2, -0.15) is 0 Å². The minimum Gasteiger partial charge on any atom is -0.406 e. The van der Waals surface area contributed by atoms with Gasteiger partial charge in [-0.25, -0.2) is 0 Å². The number of rotatable bonds is 4. The number of halogens is 3. The molecule has 1 aliphatic rings. The van der Waals surface area contributed by atoms with Gasteiger partial charge < -0.3 is 15.4 Å². The topological polar surface area (TPSA) is 55.6 Å². The van der Waals surface area contributed by atoms with E-state index in [0.29, 0.717) is 24.6 Å². The predicted molar refractivity (Wildman–Crippen MR) is 79.8 cm³/mol. The van der Waals surface area contributed by atoms with Crippen molar-refractivity contribution in [2.45, 2.75) is 38.6 Å². The fourth-order valence-corrected chi connectivity index (χ4v) is 2.76. The summed E-state index contributed by atoms with van der Waals surface area (Å²) in [5, 5.41) is 0. The van der Waals surface area contributed by atoms with Crippen molar-refractivity contribution >= 4 is 5.91 Å². The highest BCUT2D eigenvalue weighted by molar-refractivity contribution is 5.78. The van der Waals surface area contributed by atoms with E-state index in [4.69, 9.17) is 5.73 Å². The molecule has 128 valence electrons. The Hall–Kier alpha value is -1.76. The van der Waals surface area contributed by atoms with Crippen LogP contribution in [0.2, 0.25) is 0 Å². The summed E-state index contributed by atoms with van der Waals surface area (Å²) >= 11 is 0. The van der Waals surface area contributed by atoms with Crippen LogP contribution in [0.1, 0.15) is 25.3 Å². The number of carbonyl (C=O) groups is 1. The number of piperidine rings is 1. The van der Waals surface area contributed by atoms with E-state index in [1.54, 1.807) is 4.90 Å². The van der Waals surface area contributed by atoms with E-state index in [0.717, 1.165) is 12.8 Å². The Morgan fingerprint density at radius 3 is 2.61 bits per heavy atom. The van der Waals surface area contributed by atoms with Gasteiger partial charge in [-0.1, -0.05) is 12.1 Å². The number of nitrogens with zero attached hydrogens (tertiary/aromatic N) is 1. The average Bonchev–Trinajstić information content (AvgIpc) is 2.48. The number of carbonyl (C=O) groups excluding carboxylic acids is 1. The number of nitrogens with two attached hydrogens (primary N) is 1. The Labute approximate surface area is 133 Å². The fraction of sp³-hybridized carbons (Fsp3) is 0.562. The van der Waals surface area contributed by atoms with E-state index in [1.807, 2.05) is 6.92 Å². The molecule has 0 bridgehead atoms. The van der Waals surface area contributed by atoms with Crippen LogP contribution in [0.4, 0.5) is 13.2 Å². The van der Waals surface area contributed by atoms with E-state index >= 15 is 0 Å². The maximum absolute atomic E-state index is 12.3. The second-order valence-electron chi connectivity index (χ2n) is 5.97. The van der Waals surface area contributed by atoms with Crippen LogP contribution in [0, 0.1) is 5.92 Å². The van der Waals surface area contributed by atoms with E-state index in [2.05, 4.69) is 4.74 Å². The molecule has 1 aliphatic heterocycles. The lowest BCUT2D eigenvalue weighted by Crippen LogP contribution is -2.45. The normalized spacial score (nSPS) is 20.2. The Balaban J connectivity index is 1.92. The van der Waals surface area contributed by atoms with Gasteiger partial charge in [0.2, 0.25) is 5.91 Å². The average molecular weight is 330 g/mol. The second kappa shape index (κ2) is 7.21. The Morgan fingerprint density at radius 2 is 2.04 bits per heavy atom. The largest absolute Gasteiger partial charge is 0.573 e. The first kappa shape index (κ1) is 17.6. The predicted octanol–water partition coefficient (Wildman–Crippen LogP) is 2.71. The van der Waals surface area contributed by atoms with Crippen LogP contribution >= 0.6 is 0 Å². The van der Waals surface area contributed by atoms with Gasteiger partial charge in [0.25, 0.3) is 0 Å². The molecule has 1 aromatic carbocycles. The van der Waals surface area contributed by atoms with Crippen molar-refractivity contribution in [2.75, 3.05) is 13.1 Å². The monoisotopic (exact) mass is 330 g/mol. The fourth-order valence-electron chi connectivity index (χ4n) is 2.76. The van der Waals surface area contributed by atoms with Crippen molar-refractivity contribution in [3.8, 4) is 5.75 Å². The van der Waals surface area contributed by atoms with Crippen molar-refractivity contribution in [2.24, 2.45) is 11.7 Å². The van der Waals surface area contributed by atoms with Crippen LogP contribution in [-0.2, 0) is 11.2 Å². The lowest BCUT2D eigenvalue weighted by Gasteiger charge is -2.34. The van der Waals surface area contributed by atoms with Gasteiger partial charge in [-0.15, -0.1) is 13.2 Å². The molecule has 1 saturated heterocycles. The van der Waals surface area contributed by atoms with Gasteiger partial charge >= 0.3 is 6.36 Å². The molecule has 0 unspecified atom stereocenters. The van der Waals surface area contributed by atoms with Crippen molar-refractivity contribution in [3.05, 3.63) is 29.8 Å². The molecular formula is C16H21F3N2O2. The molecule has 0 aromatic heterocycles. The quantitative estimate of drug-likeness (QED) is 0.923. The first-order valence-corrected chi connectivity index (χ1v) is 7.62. The third-order valence-corrected chi connectivity index (χ3v) is 4.07.